The molecule has 2 aliphatic rings. The summed E-state index contributed by atoms with van der Waals surface area (Å²) < 4.78 is 13.3. The first kappa shape index (κ1) is 11.2. The molecule has 3 heteroatoms. The van der Waals surface area contributed by atoms with Gasteiger partial charge in [0.2, 0.25) is 0 Å². The summed E-state index contributed by atoms with van der Waals surface area (Å²) in [5.41, 5.74) is 2.04. The number of nitrogens with one attached hydrogen (secondary N) is 2. The van der Waals surface area contributed by atoms with Crippen LogP contribution in [0.4, 0.5) is 4.39 Å². The molecule has 0 aliphatic carbocycles. The maximum atomic E-state index is 13.3. The SMILES string of the molecule is Cc1cc(C2CNC3NCCC3C2)ccc1F. The lowest BCUT2D eigenvalue weighted by atomic mass is 9.83. The van der Waals surface area contributed by atoms with E-state index in [1.807, 2.05) is 19.1 Å². The molecule has 0 bridgehead atoms. The van der Waals surface area contributed by atoms with Crippen LogP contribution in [0.1, 0.15) is 29.9 Å². The van der Waals surface area contributed by atoms with Crippen LogP contribution in [0.2, 0.25) is 0 Å². The molecular formula is C14H19FN2. The molecule has 92 valence electrons. The summed E-state index contributed by atoms with van der Waals surface area (Å²) >= 11 is 0. The van der Waals surface area contributed by atoms with Crippen LogP contribution in [-0.4, -0.2) is 19.3 Å². The molecule has 1 aromatic carbocycles. The van der Waals surface area contributed by atoms with E-state index in [0.717, 1.165) is 24.6 Å². The predicted molar refractivity (Wildman–Crippen MR) is 66.4 cm³/mol. The standard InChI is InChI=1S/C14H19FN2/c1-9-6-10(2-3-13(9)15)12-7-11-4-5-16-14(11)17-8-12/h2-3,6,11-12,14,16-17H,4-5,7-8H2,1H3. The number of hydrogen-bond donors (Lipinski definition) is 2. The first-order valence-corrected chi connectivity index (χ1v) is 6.47. The largest absolute Gasteiger partial charge is 0.302 e. The molecule has 0 amide bonds. The van der Waals surface area contributed by atoms with Crippen LogP contribution in [0.25, 0.3) is 0 Å². The van der Waals surface area contributed by atoms with E-state index in [2.05, 4.69) is 10.6 Å². The molecule has 17 heavy (non-hydrogen) atoms. The highest BCUT2D eigenvalue weighted by Gasteiger charge is 2.33. The van der Waals surface area contributed by atoms with Gasteiger partial charge in [0.15, 0.2) is 0 Å². The Morgan fingerprint density at radius 3 is 3.00 bits per heavy atom. The van der Waals surface area contributed by atoms with Crippen molar-refractivity contribution in [3.8, 4) is 0 Å². The molecule has 3 atom stereocenters. The van der Waals surface area contributed by atoms with Gasteiger partial charge in [-0.05, 0) is 55.3 Å². The maximum absolute atomic E-state index is 13.3. The highest BCUT2D eigenvalue weighted by Crippen LogP contribution is 2.33. The molecule has 0 saturated carbocycles. The van der Waals surface area contributed by atoms with Crippen LogP contribution in [0, 0.1) is 18.7 Å². The number of halogens is 1. The quantitative estimate of drug-likeness (QED) is 0.778. The molecule has 2 aliphatic heterocycles. The van der Waals surface area contributed by atoms with E-state index < -0.39 is 0 Å². The molecule has 3 rings (SSSR count). The minimum absolute atomic E-state index is 0.0991. The molecule has 0 radical (unpaired) electrons. The monoisotopic (exact) mass is 234 g/mol. The second-order valence-electron chi connectivity index (χ2n) is 5.33. The van der Waals surface area contributed by atoms with Crippen LogP contribution in [0.15, 0.2) is 18.2 Å². The third-order valence-electron chi connectivity index (χ3n) is 4.18. The van der Waals surface area contributed by atoms with Gasteiger partial charge in [0.05, 0.1) is 6.17 Å². The zero-order valence-corrected chi connectivity index (χ0v) is 10.2. The Morgan fingerprint density at radius 2 is 2.18 bits per heavy atom. The van der Waals surface area contributed by atoms with Gasteiger partial charge in [0.25, 0.3) is 0 Å². The van der Waals surface area contributed by atoms with Gasteiger partial charge in [0.1, 0.15) is 5.82 Å². The Kier molecular flexibility index (Phi) is 2.89. The van der Waals surface area contributed by atoms with Crippen LogP contribution >= 0.6 is 0 Å². The lowest BCUT2D eigenvalue weighted by Gasteiger charge is -2.33. The fraction of sp³-hybridized carbons (Fsp3) is 0.571. The second kappa shape index (κ2) is 4.39. The van der Waals surface area contributed by atoms with Crippen LogP contribution in [0.3, 0.4) is 0 Å². The van der Waals surface area contributed by atoms with Crippen molar-refractivity contribution in [2.24, 2.45) is 5.92 Å². The Balaban J connectivity index is 1.78. The second-order valence-corrected chi connectivity index (χ2v) is 5.33. The van der Waals surface area contributed by atoms with Gasteiger partial charge in [-0.25, -0.2) is 4.39 Å². The summed E-state index contributed by atoms with van der Waals surface area (Å²) in [7, 11) is 0. The van der Waals surface area contributed by atoms with Gasteiger partial charge in [-0.3, -0.25) is 0 Å². The molecule has 3 unspecified atom stereocenters. The van der Waals surface area contributed by atoms with Gasteiger partial charge in [-0.2, -0.15) is 0 Å². The fourth-order valence-electron chi connectivity index (χ4n) is 3.14. The molecule has 0 aromatic heterocycles. The molecule has 2 nitrogen and oxygen atoms in total. The summed E-state index contributed by atoms with van der Waals surface area (Å²) in [6.45, 7) is 3.96. The third-order valence-corrected chi connectivity index (χ3v) is 4.18. The van der Waals surface area contributed by atoms with Crippen molar-refractivity contribution in [1.82, 2.24) is 10.6 Å². The summed E-state index contributed by atoms with van der Waals surface area (Å²) in [5.74, 6) is 1.17. The molecule has 2 heterocycles. The summed E-state index contributed by atoms with van der Waals surface area (Å²) in [6, 6.07) is 5.55. The topological polar surface area (TPSA) is 24.1 Å². The zero-order chi connectivity index (χ0) is 11.8. The molecule has 1 aromatic rings. The maximum Gasteiger partial charge on any atom is 0.126 e. The Labute approximate surface area is 102 Å². The number of rotatable bonds is 1. The van der Waals surface area contributed by atoms with Crippen molar-refractivity contribution >= 4 is 0 Å². The van der Waals surface area contributed by atoms with E-state index in [1.54, 1.807) is 6.07 Å². The highest BCUT2D eigenvalue weighted by atomic mass is 19.1. The molecule has 2 saturated heterocycles. The summed E-state index contributed by atoms with van der Waals surface area (Å²) in [5, 5.41) is 7.04. The van der Waals surface area contributed by atoms with Crippen molar-refractivity contribution in [2.45, 2.75) is 31.8 Å². The van der Waals surface area contributed by atoms with Gasteiger partial charge < -0.3 is 10.6 Å². The van der Waals surface area contributed by atoms with Gasteiger partial charge >= 0.3 is 0 Å². The molecule has 0 spiro atoms. The molecule has 2 fully saturated rings. The van der Waals surface area contributed by atoms with Crippen molar-refractivity contribution in [1.29, 1.82) is 0 Å². The lowest BCUT2D eigenvalue weighted by Crippen LogP contribution is -2.47. The number of piperidine rings is 1. The third kappa shape index (κ3) is 2.09. The number of benzene rings is 1. The minimum Gasteiger partial charge on any atom is -0.302 e. The zero-order valence-electron chi connectivity index (χ0n) is 10.2. The van der Waals surface area contributed by atoms with Crippen LogP contribution in [-0.2, 0) is 0 Å². The number of hydrogen-bond acceptors (Lipinski definition) is 2. The number of aryl methyl sites for hydroxylation is 1. The first-order chi connectivity index (χ1) is 8.24. The first-order valence-electron chi connectivity index (χ1n) is 6.47. The smallest absolute Gasteiger partial charge is 0.126 e. The van der Waals surface area contributed by atoms with Crippen molar-refractivity contribution in [2.75, 3.05) is 13.1 Å². The predicted octanol–water partition coefficient (Wildman–Crippen LogP) is 2.15. The minimum atomic E-state index is -0.0991. The Bertz CT molecular complexity index is 419. The van der Waals surface area contributed by atoms with Gasteiger partial charge in [-0.1, -0.05) is 12.1 Å². The van der Waals surface area contributed by atoms with E-state index in [1.165, 1.54) is 18.4 Å². The number of fused-ring (bicyclic) bond motifs is 1. The van der Waals surface area contributed by atoms with Gasteiger partial charge in [0, 0.05) is 6.54 Å². The van der Waals surface area contributed by atoms with E-state index >= 15 is 0 Å². The van der Waals surface area contributed by atoms with Gasteiger partial charge in [-0.15, -0.1) is 0 Å². The van der Waals surface area contributed by atoms with E-state index in [4.69, 9.17) is 0 Å². The van der Waals surface area contributed by atoms with E-state index in [9.17, 15) is 4.39 Å². The van der Waals surface area contributed by atoms with Crippen LogP contribution < -0.4 is 10.6 Å². The van der Waals surface area contributed by atoms with E-state index in [-0.39, 0.29) is 5.82 Å². The summed E-state index contributed by atoms with van der Waals surface area (Å²) in [6.07, 6.45) is 2.98. The van der Waals surface area contributed by atoms with Crippen LogP contribution in [0.5, 0.6) is 0 Å². The van der Waals surface area contributed by atoms with Crippen molar-refractivity contribution in [3.05, 3.63) is 35.1 Å². The normalized spacial score (nSPS) is 32.5. The van der Waals surface area contributed by atoms with Crippen molar-refractivity contribution < 1.29 is 4.39 Å². The van der Waals surface area contributed by atoms with Crippen molar-refractivity contribution in [3.63, 3.8) is 0 Å². The molecular weight excluding hydrogens is 215 g/mol. The lowest BCUT2D eigenvalue weighted by molar-refractivity contribution is 0.274. The Hall–Kier alpha value is -0.930. The van der Waals surface area contributed by atoms with E-state index in [0.29, 0.717) is 12.1 Å². The average Bonchev–Trinajstić information content (AvgIpc) is 2.79. The summed E-state index contributed by atoms with van der Waals surface area (Å²) in [4.78, 5) is 0. The Morgan fingerprint density at radius 1 is 1.29 bits per heavy atom. The highest BCUT2D eigenvalue weighted by molar-refractivity contribution is 5.27. The molecule has 2 N–H and O–H groups in total. The fourth-order valence-corrected chi connectivity index (χ4v) is 3.14. The average molecular weight is 234 g/mol.